The van der Waals surface area contributed by atoms with Gasteiger partial charge in [-0.3, -0.25) is 38.6 Å². The van der Waals surface area contributed by atoms with Crippen LogP contribution in [0.1, 0.15) is 125 Å². The Hall–Kier alpha value is -5.03. The molecule has 0 unspecified atom stereocenters. The van der Waals surface area contributed by atoms with Crippen molar-refractivity contribution in [3.63, 3.8) is 0 Å². The maximum Gasteiger partial charge on any atom is 1.00 e. The van der Waals surface area contributed by atoms with Gasteiger partial charge in [0.05, 0.1) is 12.7 Å². The number of aromatic amines is 2. The van der Waals surface area contributed by atoms with E-state index in [0.717, 1.165) is 51.4 Å². The van der Waals surface area contributed by atoms with E-state index in [1.165, 1.54) is 39.0 Å². The number of carboxylic acid groups (broad SMARTS) is 2. The second-order valence-corrected chi connectivity index (χ2v) is 14.0. The molecule has 1 saturated heterocycles. The molecule has 0 spiro atoms. The summed E-state index contributed by atoms with van der Waals surface area (Å²) in [6.45, 7) is 17.1. The van der Waals surface area contributed by atoms with Crippen LogP contribution < -0.4 is 40.6 Å². The standard InChI is InChI=1S/C13H21N3O3.C8H15N3.C6H10N2.C5H6O3.C4H6BO4.C3H6O.C2H4O2.Na/c1-10(2)16(7-6-11-8-14-9-15-11)12(17)4-3-5-13(18)19;1-7(2)10-4-3-8-5-9-6-11-8;7-3-1-6-2-4-8-5-6;6-4-2-1-3-5(7)8-4;1-3(6)8-5-9-4(2)7;1-3(2)4;1-2(3)4;/h8-10H,3-7H2,1-2H3,(H,14,15)(H,18,19);5-7,10H,3-4H2,1-2H3,(H,9,11);4-5H,1-3,7H2;1-3H2;1-2H3;1-2H3;1H3,(H,3,4);/q;;;;-1;;;+1. The number of carbonyl (C=O) groups is 8. The molecule has 4 rings (SSSR count). The van der Waals surface area contributed by atoms with Gasteiger partial charge in [0.1, 0.15) is 13.5 Å². The fraction of sp³-hybridized carbons (Fsp3) is 0.585. The summed E-state index contributed by atoms with van der Waals surface area (Å²) in [6, 6.07) is 0.679. The van der Waals surface area contributed by atoms with Crippen LogP contribution in [0.3, 0.4) is 0 Å². The summed E-state index contributed by atoms with van der Waals surface area (Å²) in [5.74, 6) is -3.33. The second-order valence-electron chi connectivity index (χ2n) is 14.0. The third-order valence-corrected chi connectivity index (χ3v) is 7.00. The first-order chi connectivity index (χ1) is 29.6. The van der Waals surface area contributed by atoms with Gasteiger partial charge < -0.3 is 55.0 Å². The number of nitrogens with one attached hydrogen (secondary N) is 3. The molecular weight excluding hydrogens is 846 g/mol. The molecule has 21 nitrogen and oxygen atoms in total. The zero-order chi connectivity index (χ0) is 48.6. The van der Waals surface area contributed by atoms with Gasteiger partial charge in [-0.2, -0.15) is 0 Å². The molecular formula is C41H68BN8NaO13. The Balaban J connectivity index is -0.000000348. The van der Waals surface area contributed by atoms with Crippen molar-refractivity contribution >= 4 is 61.4 Å². The first-order valence-electron chi connectivity index (χ1n) is 20.3. The van der Waals surface area contributed by atoms with Crippen LogP contribution >= 0.6 is 0 Å². The Morgan fingerprint density at radius 1 is 0.859 bits per heavy atom. The summed E-state index contributed by atoms with van der Waals surface area (Å²) in [7, 11) is 0.699. The molecule has 0 atom stereocenters. The van der Waals surface area contributed by atoms with Gasteiger partial charge in [-0.1, -0.05) is 13.8 Å². The molecule has 4 heterocycles. The van der Waals surface area contributed by atoms with Crippen LogP contribution in [0.15, 0.2) is 41.8 Å². The molecule has 2 radical (unpaired) electrons. The number of aromatic nitrogens is 4. The van der Waals surface area contributed by atoms with Gasteiger partial charge in [-0.05, 0) is 59.1 Å². The minimum atomic E-state index is -0.860. The number of aliphatic imine (C=N–C) groups is 1. The first-order valence-corrected chi connectivity index (χ1v) is 20.3. The zero-order valence-corrected chi connectivity index (χ0v) is 41.1. The molecule has 0 bridgehead atoms. The van der Waals surface area contributed by atoms with Crippen molar-refractivity contribution in [1.29, 1.82) is 0 Å². The van der Waals surface area contributed by atoms with Crippen molar-refractivity contribution in [2.75, 3.05) is 19.6 Å². The molecule has 23 heteroatoms. The number of cyclic esters (lactones) is 2. The Labute approximate surface area is 399 Å². The number of Topliss-reactive ketones (excluding diaryl/α,β-unsaturated/α-hetero) is 1. The van der Waals surface area contributed by atoms with Crippen molar-refractivity contribution in [3.8, 4) is 0 Å². The van der Waals surface area contributed by atoms with Gasteiger partial charge in [-0.25, -0.2) is 9.97 Å². The largest absolute Gasteiger partial charge is 1.00 e. The molecule has 2 aliphatic heterocycles. The molecule has 2 aliphatic rings. The van der Waals surface area contributed by atoms with E-state index >= 15 is 0 Å². The normalized spacial score (nSPS) is 11.7. The average Bonchev–Trinajstić information content (AvgIpc) is 3.98. The summed E-state index contributed by atoms with van der Waals surface area (Å²) in [6.07, 6.45) is 16.7. The first kappa shape index (κ1) is 65.6. The van der Waals surface area contributed by atoms with Gasteiger partial charge in [-0.15, -0.1) is 0 Å². The summed E-state index contributed by atoms with van der Waals surface area (Å²) in [5, 5.41) is 19.3. The van der Waals surface area contributed by atoms with Crippen molar-refractivity contribution in [1.82, 2.24) is 30.2 Å². The number of esters is 2. The molecule has 7 N–H and O–H groups in total. The fourth-order valence-electron chi connectivity index (χ4n) is 4.28. The Kier molecular flexibility index (Phi) is 44.3. The predicted molar refractivity (Wildman–Crippen MR) is 235 cm³/mol. The topological polar surface area (TPSA) is 316 Å². The van der Waals surface area contributed by atoms with Crippen molar-refractivity contribution in [3.05, 3.63) is 48.2 Å². The number of H-pyrrole nitrogens is 2. The SMILES string of the molecule is CC(=O)O.CC(=O)O[B-]OC(C)=O.CC(C)=O.CC(C)N(CCc1cnc[nH]1)C(=O)CCCC(=O)O.CC(C)NCCc1cnc[nH]1.NCCC1=CN=CC1.O=C1CCCC(=O)O1.[Na+]. The summed E-state index contributed by atoms with van der Waals surface area (Å²) < 4.78 is 12.5. The molecule has 0 aliphatic carbocycles. The number of imidazole rings is 2. The second kappa shape index (κ2) is 43.2. The van der Waals surface area contributed by atoms with E-state index < -0.39 is 23.9 Å². The van der Waals surface area contributed by atoms with E-state index in [1.807, 2.05) is 32.5 Å². The number of nitrogens with zero attached hydrogens (tertiary/aromatic N) is 4. The fourth-order valence-corrected chi connectivity index (χ4v) is 4.28. The van der Waals surface area contributed by atoms with Gasteiger partial charge >= 0.3 is 47.5 Å². The molecule has 0 aromatic carbocycles. The number of aliphatic carboxylic acids is 2. The zero-order valence-electron chi connectivity index (χ0n) is 39.1. The number of ether oxygens (including phenoxy) is 1. The average molecular weight is 915 g/mol. The van der Waals surface area contributed by atoms with Crippen LogP contribution in [0.4, 0.5) is 0 Å². The molecule has 354 valence electrons. The van der Waals surface area contributed by atoms with E-state index in [1.54, 1.807) is 23.8 Å². The number of carbonyl (C=O) groups excluding carboxylic acids is 6. The van der Waals surface area contributed by atoms with Crippen LogP contribution in [0.5, 0.6) is 0 Å². The predicted octanol–water partition coefficient (Wildman–Crippen LogP) is 0.665. The van der Waals surface area contributed by atoms with Crippen molar-refractivity contribution in [2.24, 2.45) is 10.7 Å². The number of hydrogen-bond acceptors (Lipinski definition) is 16. The summed E-state index contributed by atoms with van der Waals surface area (Å²) >= 11 is 0. The Morgan fingerprint density at radius 2 is 1.36 bits per heavy atom. The molecule has 2 aromatic heterocycles. The van der Waals surface area contributed by atoms with Crippen molar-refractivity contribution < 1.29 is 92.2 Å². The molecule has 1 amide bonds. The number of hydrogen-bond donors (Lipinski definition) is 6. The molecule has 64 heavy (non-hydrogen) atoms. The van der Waals surface area contributed by atoms with Crippen LogP contribution in [0, 0.1) is 0 Å². The van der Waals surface area contributed by atoms with Crippen LogP contribution in [-0.4, -0.2) is 128 Å². The maximum absolute atomic E-state index is 12.0. The van der Waals surface area contributed by atoms with E-state index in [2.05, 4.69) is 58.1 Å². The maximum atomic E-state index is 12.0. The van der Waals surface area contributed by atoms with E-state index in [-0.39, 0.29) is 72.1 Å². The van der Waals surface area contributed by atoms with Crippen LogP contribution in [-0.2, 0) is 65.2 Å². The van der Waals surface area contributed by atoms with E-state index in [0.29, 0.717) is 46.0 Å². The monoisotopic (exact) mass is 914 g/mol. The molecule has 1 fully saturated rings. The molecule has 0 saturated carbocycles. The third-order valence-electron chi connectivity index (χ3n) is 7.00. The van der Waals surface area contributed by atoms with Gasteiger partial charge in [0.2, 0.25) is 5.91 Å². The van der Waals surface area contributed by atoms with Gasteiger partial charge in [0.25, 0.3) is 17.9 Å². The Bertz CT molecular complexity index is 1610. The quantitative estimate of drug-likeness (QED) is 0.0766. The summed E-state index contributed by atoms with van der Waals surface area (Å²) in [5.41, 5.74) is 8.85. The number of ketones is 1. The van der Waals surface area contributed by atoms with Gasteiger partial charge in [0.15, 0.2) is 0 Å². The van der Waals surface area contributed by atoms with E-state index in [9.17, 15) is 33.6 Å². The van der Waals surface area contributed by atoms with Crippen LogP contribution in [0.25, 0.3) is 0 Å². The van der Waals surface area contributed by atoms with Gasteiger partial charge in [0, 0.05) is 127 Å². The minimum Gasteiger partial charge on any atom is -0.702 e. The third kappa shape index (κ3) is 49.6. The van der Waals surface area contributed by atoms with E-state index in [4.69, 9.17) is 20.7 Å². The number of nitrogens with two attached hydrogens (primary N) is 1. The smallest absolute Gasteiger partial charge is 0.702 e. The number of amides is 1. The number of carboxylic acids is 2. The number of rotatable bonds is 16. The summed E-state index contributed by atoms with van der Waals surface area (Å²) in [4.78, 5) is 101. The molecule has 2 aromatic rings. The Morgan fingerprint density at radius 3 is 1.70 bits per heavy atom. The minimum absolute atomic E-state index is 0. The van der Waals surface area contributed by atoms with Crippen molar-refractivity contribution in [2.45, 2.75) is 139 Å². The van der Waals surface area contributed by atoms with Crippen LogP contribution in [0.2, 0.25) is 0 Å².